The number of rotatable bonds is 5. The highest BCUT2D eigenvalue weighted by atomic mass is 32.1. The first kappa shape index (κ1) is 21.1. The number of carbonyl (C=O) groups excluding carboxylic acids is 2. The number of thiophene rings is 1. The Balaban J connectivity index is 1.32. The van der Waals surface area contributed by atoms with Crippen LogP contribution in [0, 0.1) is 0 Å². The zero-order chi connectivity index (χ0) is 21.4. The minimum absolute atomic E-state index is 0.0439. The molecule has 0 radical (unpaired) electrons. The van der Waals surface area contributed by atoms with Gasteiger partial charge in [-0.3, -0.25) is 14.5 Å². The number of hydrogen-bond donors (Lipinski definition) is 1. The summed E-state index contributed by atoms with van der Waals surface area (Å²) in [7, 11) is 0. The lowest BCUT2D eigenvalue weighted by Gasteiger charge is -2.44. The quantitative estimate of drug-likeness (QED) is 0.728. The molecule has 0 aromatic carbocycles. The van der Waals surface area contributed by atoms with Gasteiger partial charge in [0.1, 0.15) is 0 Å². The van der Waals surface area contributed by atoms with Crippen molar-refractivity contribution in [1.29, 1.82) is 0 Å². The van der Waals surface area contributed by atoms with Crippen LogP contribution in [0.25, 0.3) is 0 Å². The maximum Gasteiger partial charge on any atom is 0.233 e. The molecule has 1 N–H and O–H groups in total. The van der Waals surface area contributed by atoms with Crippen LogP contribution in [-0.4, -0.2) is 51.9 Å². The van der Waals surface area contributed by atoms with Crippen molar-refractivity contribution in [3.63, 3.8) is 0 Å². The second-order valence-electron chi connectivity index (χ2n) is 9.08. The van der Waals surface area contributed by atoms with Crippen LogP contribution in [0.4, 0.5) is 5.13 Å². The number of amides is 2. The number of likely N-dealkylation sites (tertiary alicyclic amines) is 2. The van der Waals surface area contributed by atoms with Crippen LogP contribution in [0.2, 0.25) is 0 Å². The summed E-state index contributed by atoms with van der Waals surface area (Å²) in [4.78, 5) is 37.8. The van der Waals surface area contributed by atoms with E-state index in [-0.39, 0.29) is 23.4 Å². The summed E-state index contributed by atoms with van der Waals surface area (Å²) in [6, 6.07) is 3.93. The second kappa shape index (κ2) is 8.64. The summed E-state index contributed by atoms with van der Waals surface area (Å²) in [5, 5.41) is 5.59. The van der Waals surface area contributed by atoms with E-state index in [4.69, 9.17) is 4.98 Å². The van der Waals surface area contributed by atoms with Gasteiger partial charge in [-0.25, -0.2) is 4.98 Å². The third kappa shape index (κ3) is 4.05. The van der Waals surface area contributed by atoms with E-state index in [2.05, 4.69) is 22.0 Å². The highest BCUT2D eigenvalue weighted by Crippen LogP contribution is 2.42. The smallest absolute Gasteiger partial charge is 0.233 e. The monoisotopic (exact) mass is 458 g/mol. The van der Waals surface area contributed by atoms with E-state index in [0.717, 1.165) is 67.2 Å². The van der Waals surface area contributed by atoms with E-state index >= 15 is 0 Å². The Morgan fingerprint density at radius 2 is 2.06 bits per heavy atom. The number of aromatic nitrogens is 1. The molecule has 5 rings (SSSR count). The highest BCUT2D eigenvalue weighted by Gasteiger charge is 2.47. The van der Waals surface area contributed by atoms with Crippen molar-refractivity contribution in [2.24, 2.45) is 0 Å². The third-order valence-corrected chi connectivity index (χ3v) is 9.00. The summed E-state index contributed by atoms with van der Waals surface area (Å²) in [6.07, 6.45) is 7.75. The standard InChI is InChI=1S/C23H30N4O2S2/c1-23(26-11-2-3-12-26)10-6-13-27(23)21(29)17-8-4-9-18-20(17)25-22(31-18)24-19(28)15-16-7-5-14-30-16/h5,7,14,17H,2-4,6,8-13,15H2,1H3,(H,24,25,28). The van der Waals surface area contributed by atoms with Crippen LogP contribution in [0.5, 0.6) is 0 Å². The van der Waals surface area contributed by atoms with Gasteiger partial charge in [0.15, 0.2) is 5.13 Å². The zero-order valence-corrected chi connectivity index (χ0v) is 19.7. The largest absolute Gasteiger partial charge is 0.324 e. The fourth-order valence-electron chi connectivity index (χ4n) is 5.46. The fraction of sp³-hybridized carbons (Fsp3) is 0.609. The average Bonchev–Trinajstić information content (AvgIpc) is 3.53. The molecule has 0 spiro atoms. The number of aryl methyl sites for hydroxylation is 1. The zero-order valence-electron chi connectivity index (χ0n) is 18.1. The van der Waals surface area contributed by atoms with Crippen LogP contribution < -0.4 is 5.32 Å². The van der Waals surface area contributed by atoms with E-state index in [1.54, 1.807) is 22.7 Å². The van der Waals surface area contributed by atoms with Crippen molar-refractivity contribution in [2.45, 2.75) is 69.9 Å². The predicted molar refractivity (Wildman–Crippen MR) is 125 cm³/mol. The van der Waals surface area contributed by atoms with E-state index in [1.165, 1.54) is 12.8 Å². The Bertz CT molecular complexity index is 951. The van der Waals surface area contributed by atoms with Gasteiger partial charge in [0.25, 0.3) is 0 Å². The molecule has 8 heteroatoms. The van der Waals surface area contributed by atoms with Crippen molar-refractivity contribution in [1.82, 2.24) is 14.8 Å². The number of carbonyl (C=O) groups is 2. The maximum atomic E-state index is 13.8. The van der Waals surface area contributed by atoms with Gasteiger partial charge in [0.05, 0.1) is 23.7 Å². The molecular formula is C23H30N4O2S2. The molecule has 6 nitrogen and oxygen atoms in total. The Hall–Kier alpha value is -1.77. The first-order chi connectivity index (χ1) is 15.0. The molecular weight excluding hydrogens is 428 g/mol. The minimum Gasteiger partial charge on any atom is -0.324 e. The highest BCUT2D eigenvalue weighted by molar-refractivity contribution is 7.16. The average molecular weight is 459 g/mol. The summed E-state index contributed by atoms with van der Waals surface area (Å²) in [6.45, 7) is 5.27. The van der Waals surface area contributed by atoms with Gasteiger partial charge >= 0.3 is 0 Å². The third-order valence-electron chi connectivity index (χ3n) is 7.08. The molecule has 3 aliphatic rings. The number of thiazole rings is 1. The van der Waals surface area contributed by atoms with Gasteiger partial charge in [0, 0.05) is 29.4 Å². The number of nitrogens with zero attached hydrogens (tertiary/aromatic N) is 3. The van der Waals surface area contributed by atoms with E-state index < -0.39 is 0 Å². The van der Waals surface area contributed by atoms with Gasteiger partial charge in [-0.2, -0.15) is 0 Å². The summed E-state index contributed by atoms with van der Waals surface area (Å²) >= 11 is 3.13. The van der Waals surface area contributed by atoms with Gasteiger partial charge in [-0.15, -0.1) is 22.7 Å². The first-order valence-electron chi connectivity index (χ1n) is 11.4. The van der Waals surface area contributed by atoms with Crippen LogP contribution in [0.3, 0.4) is 0 Å². The lowest BCUT2D eigenvalue weighted by molar-refractivity contribution is -0.143. The Labute approximate surface area is 191 Å². The molecule has 2 fully saturated rings. The number of fused-ring (bicyclic) bond motifs is 1. The molecule has 2 aromatic rings. The summed E-state index contributed by atoms with van der Waals surface area (Å²) < 4.78 is 0. The normalized spacial score (nSPS) is 26.2. The molecule has 2 aliphatic heterocycles. The topological polar surface area (TPSA) is 65.5 Å². The SMILES string of the molecule is CC1(N2CCCC2)CCCN1C(=O)C1CCCc2sc(NC(=O)Cc3cccs3)nc21. The summed E-state index contributed by atoms with van der Waals surface area (Å²) in [5.74, 6) is 0.00941. The van der Waals surface area contributed by atoms with Gasteiger partial charge in [-0.1, -0.05) is 6.07 Å². The van der Waals surface area contributed by atoms with Crippen LogP contribution in [0.15, 0.2) is 17.5 Å². The molecule has 0 saturated carbocycles. The fourth-order valence-corrected chi connectivity index (χ4v) is 7.24. The lowest BCUT2D eigenvalue weighted by Crippen LogP contribution is -2.57. The first-order valence-corrected chi connectivity index (χ1v) is 13.1. The predicted octanol–water partition coefficient (Wildman–Crippen LogP) is 4.24. The van der Waals surface area contributed by atoms with Crippen molar-refractivity contribution < 1.29 is 9.59 Å². The van der Waals surface area contributed by atoms with Crippen LogP contribution >= 0.6 is 22.7 Å². The van der Waals surface area contributed by atoms with Crippen LogP contribution in [-0.2, 0) is 22.4 Å². The van der Waals surface area contributed by atoms with Crippen molar-refractivity contribution in [3.05, 3.63) is 33.0 Å². The molecule has 0 bridgehead atoms. The Morgan fingerprint density at radius 3 is 2.84 bits per heavy atom. The second-order valence-corrected chi connectivity index (χ2v) is 11.2. The Morgan fingerprint density at radius 1 is 1.23 bits per heavy atom. The van der Waals surface area contributed by atoms with Crippen molar-refractivity contribution >= 4 is 39.6 Å². The van der Waals surface area contributed by atoms with Gasteiger partial charge < -0.3 is 10.2 Å². The maximum absolute atomic E-state index is 13.8. The number of nitrogens with one attached hydrogen (secondary N) is 1. The molecule has 4 heterocycles. The Kier molecular flexibility index (Phi) is 5.88. The minimum atomic E-state index is -0.178. The molecule has 2 unspecified atom stereocenters. The lowest BCUT2D eigenvalue weighted by atomic mass is 9.89. The summed E-state index contributed by atoms with van der Waals surface area (Å²) in [5.41, 5.74) is 0.752. The number of anilines is 1. The van der Waals surface area contributed by atoms with Gasteiger partial charge in [-0.05, 0) is 63.3 Å². The van der Waals surface area contributed by atoms with Crippen molar-refractivity contribution in [2.75, 3.05) is 25.0 Å². The van der Waals surface area contributed by atoms with E-state index in [9.17, 15) is 9.59 Å². The molecule has 1 aliphatic carbocycles. The molecule has 31 heavy (non-hydrogen) atoms. The molecule has 2 atom stereocenters. The van der Waals surface area contributed by atoms with Gasteiger partial charge in [0.2, 0.25) is 11.8 Å². The molecule has 2 saturated heterocycles. The van der Waals surface area contributed by atoms with E-state index in [1.807, 2.05) is 17.5 Å². The number of hydrogen-bond acceptors (Lipinski definition) is 6. The van der Waals surface area contributed by atoms with E-state index in [0.29, 0.717) is 11.6 Å². The molecule has 2 amide bonds. The van der Waals surface area contributed by atoms with Crippen molar-refractivity contribution in [3.8, 4) is 0 Å². The molecule has 2 aromatic heterocycles. The van der Waals surface area contributed by atoms with Crippen LogP contribution in [0.1, 0.15) is 66.8 Å². The molecule has 166 valence electrons.